The van der Waals surface area contributed by atoms with Crippen LogP contribution >= 0.6 is 0 Å². The van der Waals surface area contributed by atoms with Gasteiger partial charge in [-0.25, -0.2) is 0 Å². The van der Waals surface area contributed by atoms with Crippen LogP contribution in [-0.2, 0) is 4.74 Å². The number of fused-ring (bicyclic) bond motifs is 1. The number of aliphatic hydroxyl groups is 2. The Balaban J connectivity index is 0.000000651. The van der Waals surface area contributed by atoms with Crippen molar-refractivity contribution in [1.29, 1.82) is 0 Å². The summed E-state index contributed by atoms with van der Waals surface area (Å²) in [7, 11) is 1.60. The minimum absolute atomic E-state index is 0.0465. The molecule has 0 spiro atoms. The maximum atomic E-state index is 10.1. The van der Waals surface area contributed by atoms with Crippen molar-refractivity contribution in [1.82, 2.24) is 0 Å². The minimum Gasteiger partial charge on any atom is -0.393 e. The van der Waals surface area contributed by atoms with Gasteiger partial charge in [0, 0.05) is 7.11 Å². The molecular weight excluding hydrogens is 504 g/mol. The first-order valence-corrected chi connectivity index (χ1v) is 18.3. The van der Waals surface area contributed by atoms with Crippen LogP contribution in [-0.4, -0.2) is 29.7 Å². The number of aliphatic hydroxyl groups excluding tert-OH is 2. The Kier molecular flexibility index (Phi) is 19.7. The molecule has 0 aromatic rings. The molecule has 0 bridgehead atoms. The van der Waals surface area contributed by atoms with Crippen LogP contribution in [0, 0.1) is 52.8 Å². The number of hydrogen-bond donors (Lipinski definition) is 2. The molecule has 0 radical (unpaired) electrons. The lowest BCUT2D eigenvalue weighted by Gasteiger charge is -2.40. The quantitative estimate of drug-likeness (QED) is 0.178. The van der Waals surface area contributed by atoms with Gasteiger partial charge in [-0.05, 0) is 130 Å². The van der Waals surface area contributed by atoms with Crippen LogP contribution in [0.2, 0.25) is 0 Å². The zero-order valence-corrected chi connectivity index (χ0v) is 29.6. The van der Waals surface area contributed by atoms with Gasteiger partial charge in [-0.3, -0.25) is 0 Å². The first kappa shape index (κ1) is 38.9. The predicted molar refractivity (Wildman–Crippen MR) is 179 cm³/mol. The zero-order valence-electron chi connectivity index (χ0n) is 29.6. The number of ether oxygens (including phenoxy) is 1. The summed E-state index contributed by atoms with van der Waals surface area (Å²) < 4.78 is 5.07. The summed E-state index contributed by atoms with van der Waals surface area (Å²) in [5.74, 6) is 6.48. The van der Waals surface area contributed by atoms with Gasteiger partial charge in [0.2, 0.25) is 0 Å². The van der Waals surface area contributed by atoms with Crippen LogP contribution in [0.4, 0.5) is 0 Å². The highest BCUT2D eigenvalue weighted by Crippen LogP contribution is 2.59. The molecule has 0 aromatic heterocycles. The van der Waals surface area contributed by atoms with Crippen molar-refractivity contribution in [2.45, 2.75) is 184 Å². The molecule has 0 aliphatic heterocycles. The summed E-state index contributed by atoms with van der Waals surface area (Å²) in [6.07, 6.45) is 21.0. The Morgan fingerprint density at radius 3 is 2.00 bits per heavy atom. The van der Waals surface area contributed by atoms with Gasteiger partial charge in [0.25, 0.3) is 0 Å². The Labute approximate surface area is 258 Å². The average Bonchev–Trinajstić information content (AvgIpc) is 3.20. The fourth-order valence-electron chi connectivity index (χ4n) is 8.58. The third-order valence-corrected chi connectivity index (χ3v) is 11.6. The van der Waals surface area contributed by atoms with Gasteiger partial charge < -0.3 is 14.9 Å². The summed E-state index contributed by atoms with van der Waals surface area (Å²) >= 11 is 0. The van der Waals surface area contributed by atoms with E-state index in [4.69, 9.17) is 4.74 Å². The van der Waals surface area contributed by atoms with Gasteiger partial charge >= 0.3 is 0 Å². The van der Waals surface area contributed by atoms with E-state index in [2.05, 4.69) is 62.3 Å². The summed E-state index contributed by atoms with van der Waals surface area (Å²) in [5, 5.41) is 20.0. The second-order valence-corrected chi connectivity index (χ2v) is 15.5. The second kappa shape index (κ2) is 20.8. The largest absolute Gasteiger partial charge is 0.393 e. The van der Waals surface area contributed by atoms with E-state index < -0.39 is 6.29 Å². The molecule has 3 aliphatic rings. The third kappa shape index (κ3) is 13.6. The Hall–Kier alpha value is -0.120. The highest BCUT2D eigenvalue weighted by molar-refractivity contribution is 5.00. The topological polar surface area (TPSA) is 49.7 Å². The smallest absolute Gasteiger partial charge is 0.154 e. The predicted octanol–water partition coefficient (Wildman–Crippen LogP) is 11.1. The van der Waals surface area contributed by atoms with E-state index in [1.54, 1.807) is 7.11 Å². The van der Waals surface area contributed by atoms with Gasteiger partial charge in [0.05, 0.1) is 6.10 Å². The molecule has 2 N–H and O–H groups in total. The standard InChI is InChI=1S/C27H50O3.C8H18.C3H8/c1-18-6-11-24(28)17-22(18)9-8-21-16-23-10-12-25(20(3)7-13-26(29)30-5)27(23,4)15-14-19(21)2;1-4-5-6-7-8(2)3;1-3-2/h18-26,28-29H,6-17H2,1-5H3;8H,4-7H2,1-3H3;3H2,1-2H3. The van der Waals surface area contributed by atoms with Gasteiger partial charge in [-0.1, -0.05) is 94.4 Å². The zero-order chi connectivity index (χ0) is 31.0. The van der Waals surface area contributed by atoms with Crippen molar-refractivity contribution in [2.75, 3.05) is 7.11 Å². The summed E-state index contributed by atoms with van der Waals surface area (Å²) in [6, 6.07) is 0. The maximum Gasteiger partial charge on any atom is 0.154 e. The first-order valence-electron chi connectivity index (χ1n) is 18.3. The van der Waals surface area contributed by atoms with Crippen LogP contribution in [0.3, 0.4) is 0 Å². The number of hydrogen-bond acceptors (Lipinski definition) is 3. The highest BCUT2D eigenvalue weighted by atomic mass is 16.6. The van der Waals surface area contributed by atoms with Crippen LogP contribution in [0.1, 0.15) is 171 Å². The van der Waals surface area contributed by atoms with Crippen molar-refractivity contribution in [2.24, 2.45) is 52.8 Å². The Morgan fingerprint density at radius 1 is 0.805 bits per heavy atom. The van der Waals surface area contributed by atoms with E-state index in [9.17, 15) is 10.2 Å². The molecule has 246 valence electrons. The first-order chi connectivity index (χ1) is 19.4. The van der Waals surface area contributed by atoms with E-state index >= 15 is 0 Å². The number of rotatable bonds is 12. The maximum absolute atomic E-state index is 10.1. The van der Waals surface area contributed by atoms with Gasteiger partial charge in [0.1, 0.15) is 0 Å². The molecule has 10 unspecified atom stereocenters. The lowest BCUT2D eigenvalue weighted by molar-refractivity contribution is -0.0830. The molecule has 0 aromatic carbocycles. The Bertz CT molecular complexity index is 635. The van der Waals surface area contributed by atoms with Gasteiger partial charge in [-0.2, -0.15) is 0 Å². The second-order valence-electron chi connectivity index (χ2n) is 15.5. The SMILES string of the molecule is CCC.CCCCCC(C)C.COC(O)CCC(C)C1CCC2CC(CCC3CC(O)CCC3C)C(C)CCC21C. The van der Waals surface area contributed by atoms with E-state index in [1.807, 2.05) is 0 Å². The molecule has 3 heteroatoms. The average molecular weight is 581 g/mol. The van der Waals surface area contributed by atoms with Crippen molar-refractivity contribution in [3.8, 4) is 0 Å². The van der Waals surface area contributed by atoms with Crippen molar-refractivity contribution in [3.05, 3.63) is 0 Å². The normalized spacial score (nSPS) is 34.9. The molecular formula is C38H76O3. The van der Waals surface area contributed by atoms with E-state index in [-0.39, 0.29) is 6.10 Å². The monoisotopic (exact) mass is 581 g/mol. The van der Waals surface area contributed by atoms with Gasteiger partial charge in [0.15, 0.2) is 6.29 Å². The Morgan fingerprint density at radius 2 is 1.41 bits per heavy atom. The molecule has 0 heterocycles. The molecule has 3 nitrogen and oxygen atoms in total. The van der Waals surface area contributed by atoms with Crippen molar-refractivity contribution < 1.29 is 14.9 Å². The lowest BCUT2D eigenvalue weighted by atomic mass is 9.65. The fourth-order valence-corrected chi connectivity index (χ4v) is 8.58. The number of methoxy groups -OCH3 is 1. The molecule has 41 heavy (non-hydrogen) atoms. The summed E-state index contributed by atoms with van der Waals surface area (Å²) in [4.78, 5) is 0. The highest BCUT2D eigenvalue weighted by Gasteiger charge is 2.50. The molecule has 3 rings (SSSR count). The summed E-state index contributed by atoms with van der Waals surface area (Å²) in [5.41, 5.74) is 0.481. The fraction of sp³-hybridized carbons (Fsp3) is 1.00. The molecule has 3 aliphatic carbocycles. The number of unbranched alkanes of at least 4 members (excludes halogenated alkanes) is 2. The van der Waals surface area contributed by atoms with E-state index in [1.165, 1.54) is 83.5 Å². The van der Waals surface area contributed by atoms with Gasteiger partial charge in [-0.15, -0.1) is 0 Å². The molecule has 3 fully saturated rings. The molecule has 3 saturated carbocycles. The molecule has 10 atom stereocenters. The molecule has 0 amide bonds. The van der Waals surface area contributed by atoms with Crippen LogP contribution in [0.25, 0.3) is 0 Å². The minimum atomic E-state index is -0.600. The van der Waals surface area contributed by atoms with Crippen LogP contribution in [0.5, 0.6) is 0 Å². The van der Waals surface area contributed by atoms with Crippen molar-refractivity contribution >= 4 is 0 Å². The third-order valence-electron chi connectivity index (χ3n) is 11.6. The lowest BCUT2D eigenvalue weighted by Crippen LogP contribution is -2.32. The van der Waals surface area contributed by atoms with Crippen LogP contribution in [0.15, 0.2) is 0 Å². The van der Waals surface area contributed by atoms with Crippen molar-refractivity contribution in [3.63, 3.8) is 0 Å². The van der Waals surface area contributed by atoms with Crippen LogP contribution < -0.4 is 0 Å². The molecule has 0 saturated heterocycles. The van der Waals surface area contributed by atoms with E-state index in [0.717, 1.165) is 67.1 Å². The van der Waals surface area contributed by atoms with E-state index in [0.29, 0.717) is 11.3 Å². The summed E-state index contributed by atoms with van der Waals surface area (Å²) in [6.45, 7) is 21.0.